The Morgan fingerprint density at radius 1 is 1.12 bits per heavy atom. The smallest absolute Gasteiger partial charge is 0.328 e. The maximum absolute atomic E-state index is 9.55. The molecule has 2 heterocycles. The molecular weight excluding hydrogens is 379 g/mol. The summed E-state index contributed by atoms with van der Waals surface area (Å²) in [7, 11) is 0. The van der Waals surface area contributed by atoms with Crippen LogP contribution in [0.1, 0.15) is 18.7 Å². The zero-order valence-electron chi connectivity index (χ0n) is 13.9. The number of nitrogens with one attached hydrogen (secondary N) is 1. The van der Waals surface area contributed by atoms with E-state index in [2.05, 4.69) is 28.9 Å². The number of carbonyl (C=O) groups is 2. The predicted molar refractivity (Wildman–Crippen MR) is 101 cm³/mol. The molecule has 1 aliphatic rings. The number of carboxylic acids is 2. The Labute approximate surface area is 160 Å². The Hall–Kier alpha value is -2.28. The van der Waals surface area contributed by atoms with E-state index in [4.69, 9.17) is 33.4 Å². The highest BCUT2D eigenvalue weighted by Crippen LogP contribution is 2.31. The molecule has 138 valence electrons. The quantitative estimate of drug-likeness (QED) is 0.685. The zero-order chi connectivity index (χ0) is 19.3. The van der Waals surface area contributed by atoms with Crippen LogP contribution in [0.4, 0.5) is 0 Å². The molecule has 6 nitrogen and oxygen atoms in total. The summed E-state index contributed by atoms with van der Waals surface area (Å²) in [4.78, 5) is 19.1. The van der Waals surface area contributed by atoms with E-state index in [1.54, 1.807) is 0 Å². The molecule has 0 saturated heterocycles. The largest absolute Gasteiger partial charge is 0.478 e. The molecule has 1 aromatic carbocycles. The number of rotatable bonds is 3. The molecule has 0 aliphatic carbocycles. The molecule has 3 N–H and O–H groups in total. The van der Waals surface area contributed by atoms with Crippen molar-refractivity contribution in [1.29, 1.82) is 0 Å². The molecule has 0 radical (unpaired) electrons. The summed E-state index contributed by atoms with van der Waals surface area (Å²) in [5.74, 6) is -2.51. The van der Waals surface area contributed by atoms with Gasteiger partial charge >= 0.3 is 11.9 Å². The van der Waals surface area contributed by atoms with E-state index in [0.717, 1.165) is 18.7 Å². The first-order valence-corrected chi connectivity index (χ1v) is 8.57. The highest BCUT2D eigenvalue weighted by molar-refractivity contribution is 6.42. The molecule has 1 atom stereocenters. The molecule has 0 amide bonds. The summed E-state index contributed by atoms with van der Waals surface area (Å²) in [6.45, 7) is 4.17. The number of carboxylic acid groups (broad SMARTS) is 2. The van der Waals surface area contributed by atoms with Crippen LogP contribution in [0.25, 0.3) is 11.3 Å². The third-order valence-corrected chi connectivity index (χ3v) is 4.57. The maximum Gasteiger partial charge on any atom is 0.328 e. The van der Waals surface area contributed by atoms with Gasteiger partial charge in [-0.3, -0.25) is 0 Å². The standard InChI is InChI=1S/C14H14Cl2N2.C4H4O4/c1-9-13-4-5-14(18(13)7-6-17-9)10-2-3-11(15)12(16)8-10;5-3(6)1-2-4(7)8/h2-5,8-9,17H,6-7H2,1H3;1-2H,(H,5,6)(H,7,8)/b;2-1+. The lowest BCUT2D eigenvalue weighted by Gasteiger charge is -2.25. The van der Waals surface area contributed by atoms with Crippen LogP contribution in [-0.4, -0.2) is 33.3 Å². The predicted octanol–water partition coefficient (Wildman–Crippen LogP) is 3.84. The number of hydrogen-bond donors (Lipinski definition) is 3. The average Bonchev–Trinajstić information content (AvgIpc) is 3.02. The molecule has 26 heavy (non-hydrogen) atoms. The maximum atomic E-state index is 9.55. The van der Waals surface area contributed by atoms with Crippen LogP contribution in [0.5, 0.6) is 0 Å². The molecule has 3 rings (SSSR count). The van der Waals surface area contributed by atoms with Gasteiger partial charge in [0.2, 0.25) is 0 Å². The number of hydrogen-bond acceptors (Lipinski definition) is 3. The van der Waals surface area contributed by atoms with Crippen molar-refractivity contribution >= 4 is 35.1 Å². The summed E-state index contributed by atoms with van der Waals surface area (Å²) in [5.41, 5.74) is 3.64. The van der Waals surface area contributed by atoms with E-state index in [1.165, 1.54) is 11.4 Å². The van der Waals surface area contributed by atoms with Crippen molar-refractivity contribution in [2.24, 2.45) is 0 Å². The second kappa shape index (κ2) is 8.89. The molecule has 0 spiro atoms. The van der Waals surface area contributed by atoms with Crippen LogP contribution in [-0.2, 0) is 16.1 Å². The normalized spacial score (nSPS) is 15.9. The molecular formula is C18H18Cl2N2O4. The molecule has 1 aliphatic heterocycles. The van der Waals surface area contributed by atoms with Crippen molar-refractivity contribution < 1.29 is 19.8 Å². The Balaban J connectivity index is 0.000000260. The first kappa shape index (κ1) is 20.0. The van der Waals surface area contributed by atoms with Crippen molar-refractivity contribution in [3.8, 4) is 11.3 Å². The monoisotopic (exact) mass is 396 g/mol. The van der Waals surface area contributed by atoms with E-state index in [0.29, 0.717) is 28.2 Å². The first-order chi connectivity index (χ1) is 12.3. The fraction of sp³-hybridized carbons (Fsp3) is 0.222. The van der Waals surface area contributed by atoms with Crippen molar-refractivity contribution in [2.75, 3.05) is 6.54 Å². The second-order valence-electron chi connectivity index (χ2n) is 5.61. The van der Waals surface area contributed by atoms with Crippen LogP contribution < -0.4 is 5.32 Å². The van der Waals surface area contributed by atoms with E-state index < -0.39 is 11.9 Å². The van der Waals surface area contributed by atoms with Crippen molar-refractivity contribution in [1.82, 2.24) is 9.88 Å². The fourth-order valence-corrected chi connectivity index (χ4v) is 2.96. The Morgan fingerprint density at radius 2 is 1.77 bits per heavy atom. The fourth-order valence-electron chi connectivity index (χ4n) is 2.66. The molecule has 8 heteroatoms. The number of nitrogens with zero attached hydrogens (tertiary/aromatic N) is 1. The molecule has 1 aromatic heterocycles. The van der Waals surface area contributed by atoms with Crippen LogP contribution >= 0.6 is 23.2 Å². The third kappa shape index (κ3) is 5.11. The van der Waals surface area contributed by atoms with Gasteiger partial charge in [-0.15, -0.1) is 0 Å². The van der Waals surface area contributed by atoms with Gasteiger partial charge in [0.15, 0.2) is 0 Å². The van der Waals surface area contributed by atoms with E-state index >= 15 is 0 Å². The lowest BCUT2D eigenvalue weighted by Crippen LogP contribution is -2.31. The van der Waals surface area contributed by atoms with Gasteiger partial charge in [-0.1, -0.05) is 29.3 Å². The zero-order valence-corrected chi connectivity index (χ0v) is 15.5. The summed E-state index contributed by atoms with van der Waals surface area (Å²) in [6, 6.07) is 10.5. The van der Waals surface area contributed by atoms with Gasteiger partial charge in [0, 0.05) is 42.7 Å². The van der Waals surface area contributed by atoms with E-state index in [1.807, 2.05) is 18.2 Å². The summed E-state index contributed by atoms with van der Waals surface area (Å²) >= 11 is 12.0. The minimum absolute atomic E-state index is 0.398. The number of benzene rings is 1. The lowest BCUT2D eigenvalue weighted by molar-refractivity contribution is -0.134. The van der Waals surface area contributed by atoms with Gasteiger partial charge in [-0.05, 0) is 36.8 Å². The summed E-state index contributed by atoms with van der Waals surface area (Å²) in [5, 5.41) is 20.3. The minimum Gasteiger partial charge on any atom is -0.478 e. The second-order valence-corrected chi connectivity index (χ2v) is 6.42. The van der Waals surface area contributed by atoms with Gasteiger partial charge < -0.3 is 20.1 Å². The van der Waals surface area contributed by atoms with Crippen molar-refractivity contribution in [3.63, 3.8) is 0 Å². The van der Waals surface area contributed by atoms with Crippen LogP contribution in [0, 0.1) is 0 Å². The summed E-state index contributed by atoms with van der Waals surface area (Å²) in [6.07, 6.45) is 1.12. The van der Waals surface area contributed by atoms with Crippen LogP contribution in [0.2, 0.25) is 10.0 Å². The Morgan fingerprint density at radius 3 is 2.35 bits per heavy atom. The van der Waals surface area contributed by atoms with Gasteiger partial charge in [0.1, 0.15) is 0 Å². The van der Waals surface area contributed by atoms with Gasteiger partial charge in [-0.2, -0.15) is 0 Å². The number of aliphatic carboxylic acids is 2. The Bertz CT molecular complexity index is 830. The number of fused-ring (bicyclic) bond motifs is 1. The average molecular weight is 397 g/mol. The molecule has 2 aromatic rings. The molecule has 0 fully saturated rings. The van der Waals surface area contributed by atoms with Gasteiger partial charge in [0.25, 0.3) is 0 Å². The van der Waals surface area contributed by atoms with E-state index in [9.17, 15) is 9.59 Å². The van der Waals surface area contributed by atoms with Crippen LogP contribution in [0.15, 0.2) is 42.5 Å². The highest BCUT2D eigenvalue weighted by Gasteiger charge is 2.18. The number of halogens is 2. The molecule has 0 saturated carbocycles. The van der Waals surface area contributed by atoms with Gasteiger partial charge in [-0.25, -0.2) is 9.59 Å². The Kier molecular flexibility index (Phi) is 6.85. The first-order valence-electron chi connectivity index (χ1n) is 7.81. The van der Waals surface area contributed by atoms with Crippen molar-refractivity contribution in [3.05, 3.63) is 58.2 Å². The van der Waals surface area contributed by atoms with E-state index in [-0.39, 0.29) is 0 Å². The van der Waals surface area contributed by atoms with Gasteiger partial charge in [0.05, 0.1) is 10.0 Å². The topological polar surface area (TPSA) is 91.6 Å². The highest BCUT2D eigenvalue weighted by atomic mass is 35.5. The minimum atomic E-state index is -1.26. The molecule has 0 bridgehead atoms. The SMILES string of the molecule is CC1NCCn2c(-c3ccc(Cl)c(Cl)c3)ccc21.O=C(O)/C=C/C(=O)O. The third-order valence-electron chi connectivity index (χ3n) is 3.83. The molecule has 1 unspecified atom stereocenters. The lowest BCUT2D eigenvalue weighted by atomic mass is 10.1. The van der Waals surface area contributed by atoms with Crippen LogP contribution in [0.3, 0.4) is 0 Å². The summed E-state index contributed by atoms with van der Waals surface area (Å²) < 4.78 is 2.35. The number of aromatic nitrogens is 1. The van der Waals surface area contributed by atoms with Crippen molar-refractivity contribution in [2.45, 2.75) is 19.5 Å².